The van der Waals surface area contributed by atoms with Gasteiger partial charge in [0.25, 0.3) is 0 Å². The first-order chi connectivity index (χ1) is 10.5. The van der Waals surface area contributed by atoms with Crippen LogP contribution in [0.3, 0.4) is 0 Å². The van der Waals surface area contributed by atoms with E-state index in [1.165, 1.54) is 25.7 Å². The van der Waals surface area contributed by atoms with Crippen LogP contribution in [0, 0.1) is 5.92 Å². The summed E-state index contributed by atoms with van der Waals surface area (Å²) in [5.41, 5.74) is 5.80. The Kier molecular flexibility index (Phi) is 6.09. The topological polar surface area (TPSA) is 81.4 Å². The molecular weight excluding hydrogens is 324 g/mol. The van der Waals surface area contributed by atoms with E-state index < -0.39 is 10.0 Å². The van der Waals surface area contributed by atoms with Crippen LogP contribution in [-0.2, 0) is 10.0 Å². The molecule has 0 bridgehead atoms. The number of nitrogens with one attached hydrogen (secondary N) is 1. The second-order valence-corrected chi connectivity index (χ2v) is 7.75. The lowest BCUT2D eigenvalue weighted by molar-refractivity contribution is 0.294. The quantitative estimate of drug-likeness (QED) is 0.829. The smallest absolute Gasteiger partial charge is 0.242 e. The predicted octanol–water partition coefficient (Wildman–Crippen LogP) is 2.53. The van der Waals surface area contributed by atoms with Crippen molar-refractivity contribution < 1.29 is 13.2 Å². The highest BCUT2D eigenvalue weighted by molar-refractivity contribution is 7.89. The van der Waals surface area contributed by atoms with E-state index in [-0.39, 0.29) is 28.4 Å². The van der Waals surface area contributed by atoms with E-state index in [9.17, 15) is 8.42 Å². The van der Waals surface area contributed by atoms with Gasteiger partial charge in [-0.1, -0.05) is 30.9 Å². The molecule has 7 heteroatoms. The highest BCUT2D eigenvalue weighted by Crippen LogP contribution is 2.29. The van der Waals surface area contributed by atoms with Crippen molar-refractivity contribution >= 4 is 21.6 Å². The molecule has 1 atom stereocenters. The summed E-state index contributed by atoms with van der Waals surface area (Å²) < 4.78 is 33.1. The van der Waals surface area contributed by atoms with Crippen LogP contribution >= 0.6 is 11.6 Å². The molecule has 1 aliphatic rings. The molecule has 0 heterocycles. The fourth-order valence-corrected chi connectivity index (χ4v) is 4.79. The number of nitrogens with two attached hydrogens (primary N) is 1. The molecule has 1 aromatic rings. The lowest BCUT2D eigenvalue weighted by atomic mass is 9.84. The van der Waals surface area contributed by atoms with Gasteiger partial charge < -0.3 is 10.5 Å². The Morgan fingerprint density at radius 1 is 1.36 bits per heavy atom. The number of sulfonamides is 1. The monoisotopic (exact) mass is 346 g/mol. The molecule has 0 spiro atoms. The van der Waals surface area contributed by atoms with Gasteiger partial charge in [0.2, 0.25) is 10.0 Å². The van der Waals surface area contributed by atoms with Crippen LogP contribution < -0.4 is 15.2 Å². The number of hydrogen-bond donors (Lipinski definition) is 2. The van der Waals surface area contributed by atoms with Crippen LogP contribution in [0.2, 0.25) is 5.02 Å². The molecule has 0 saturated heterocycles. The number of ether oxygens (including phenoxy) is 1. The molecule has 2 rings (SSSR count). The zero-order chi connectivity index (χ0) is 16.2. The largest absolute Gasteiger partial charge is 0.497 e. The van der Waals surface area contributed by atoms with E-state index in [1.54, 1.807) is 6.07 Å². The summed E-state index contributed by atoms with van der Waals surface area (Å²) in [5, 5.41) is 0.174. The summed E-state index contributed by atoms with van der Waals surface area (Å²) >= 11 is 6.04. The molecule has 0 amide bonds. The number of halogens is 1. The molecule has 0 aliphatic heterocycles. The Morgan fingerprint density at radius 3 is 2.64 bits per heavy atom. The van der Waals surface area contributed by atoms with Crippen LogP contribution in [0.25, 0.3) is 0 Å². The van der Waals surface area contributed by atoms with E-state index in [0.717, 1.165) is 25.7 Å². The van der Waals surface area contributed by atoms with Gasteiger partial charge in [0.15, 0.2) is 0 Å². The van der Waals surface area contributed by atoms with E-state index in [0.29, 0.717) is 5.75 Å². The Bertz CT molecular complexity index is 601. The first-order valence-electron chi connectivity index (χ1n) is 7.54. The molecule has 1 fully saturated rings. The zero-order valence-corrected chi connectivity index (χ0v) is 14.3. The number of rotatable bonds is 6. The molecule has 0 radical (unpaired) electrons. The first-order valence-corrected chi connectivity index (χ1v) is 9.40. The van der Waals surface area contributed by atoms with Crippen molar-refractivity contribution in [1.29, 1.82) is 0 Å². The first kappa shape index (κ1) is 17.5. The minimum absolute atomic E-state index is 0.0303. The molecule has 0 aromatic heterocycles. The van der Waals surface area contributed by atoms with Crippen molar-refractivity contribution in [3.63, 3.8) is 0 Å². The van der Waals surface area contributed by atoms with E-state index >= 15 is 0 Å². The van der Waals surface area contributed by atoms with Crippen LogP contribution in [0.1, 0.15) is 32.1 Å². The van der Waals surface area contributed by atoms with Gasteiger partial charge in [0.05, 0.1) is 12.1 Å². The van der Waals surface area contributed by atoms with Crippen molar-refractivity contribution in [3.8, 4) is 5.75 Å². The molecule has 3 N–H and O–H groups in total. The maximum absolute atomic E-state index is 12.6. The average Bonchev–Trinajstić information content (AvgIpc) is 2.53. The minimum atomic E-state index is -3.73. The van der Waals surface area contributed by atoms with Crippen molar-refractivity contribution in [2.45, 2.75) is 43.0 Å². The molecular formula is C15H23ClN2O3S. The van der Waals surface area contributed by atoms with E-state index in [4.69, 9.17) is 22.1 Å². The van der Waals surface area contributed by atoms with Crippen LogP contribution in [0.5, 0.6) is 5.75 Å². The molecule has 124 valence electrons. The second kappa shape index (κ2) is 7.64. The average molecular weight is 347 g/mol. The number of hydrogen-bond acceptors (Lipinski definition) is 4. The van der Waals surface area contributed by atoms with Crippen molar-refractivity contribution in [2.75, 3.05) is 13.7 Å². The molecule has 5 nitrogen and oxygen atoms in total. The summed E-state index contributed by atoms with van der Waals surface area (Å²) in [5.74, 6) is 0.740. The zero-order valence-electron chi connectivity index (χ0n) is 12.7. The summed E-state index contributed by atoms with van der Waals surface area (Å²) in [6.07, 6.45) is 5.49. The third-order valence-electron chi connectivity index (χ3n) is 4.21. The van der Waals surface area contributed by atoms with Gasteiger partial charge in [-0.05, 0) is 30.9 Å². The number of benzene rings is 1. The minimum Gasteiger partial charge on any atom is -0.497 e. The lowest BCUT2D eigenvalue weighted by Crippen LogP contribution is -2.45. The van der Waals surface area contributed by atoms with Gasteiger partial charge in [-0.25, -0.2) is 13.1 Å². The summed E-state index contributed by atoms with van der Waals surface area (Å²) in [7, 11) is -2.24. The van der Waals surface area contributed by atoms with E-state index in [2.05, 4.69) is 4.72 Å². The normalized spacial score (nSPS) is 18.1. The highest BCUT2D eigenvalue weighted by Gasteiger charge is 2.28. The molecule has 22 heavy (non-hydrogen) atoms. The fourth-order valence-electron chi connectivity index (χ4n) is 2.95. The SMILES string of the molecule is COc1ccc(Cl)c(S(=O)(=O)NC(CN)C2CCCCC2)c1. The number of methoxy groups -OCH3 is 1. The Labute approximate surface area is 137 Å². The Balaban J connectivity index is 2.22. The maximum Gasteiger partial charge on any atom is 0.242 e. The summed E-state index contributed by atoms with van der Waals surface area (Å²) in [4.78, 5) is 0.0303. The van der Waals surface area contributed by atoms with Gasteiger partial charge in [-0.2, -0.15) is 0 Å². The van der Waals surface area contributed by atoms with Crippen LogP contribution in [0.4, 0.5) is 0 Å². The van der Waals surface area contributed by atoms with Gasteiger partial charge in [0, 0.05) is 18.7 Å². The van der Waals surface area contributed by atoms with Crippen LogP contribution in [-0.4, -0.2) is 28.1 Å². The Morgan fingerprint density at radius 2 is 2.05 bits per heavy atom. The molecule has 1 aromatic carbocycles. The van der Waals surface area contributed by atoms with Gasteiger partial charge in [-0.15, -0.1) is 0 Å². The van der Waals surface area contributed by atoms with Crippen molar-refractivity contribution in [3.05, 3.63) is 23.2 Å². The van der Waals surface area contributed by atoms with E-state index in [1.807, 2.05) is 0 Å². The Hall–Kier alpha value is -0.820. The maximum atomic E-state index is 12.6. The van der Waals surface area contributed by atoms with Crippen molar-refractivity contribution in [2.24, 2.45) is 11.7 Å². The molecule has 1 saturated carbocycles. The fraction of sp³-hybridized carbons (Fsp3) is 0.600. The third kappa shape index (κ3) is 4.13. The summed E-state index contributed by atoms with van der Waals surface area (Å²) in [6.45, 7) is 0.283. The lowest BCUT2D eigenvalue weighted by Gasteiger charge is -2.30. The third-order valence-corrected chi connectivity index (χ3v) is 6.18. The van der Waals surface area contributed by atoms with Crippen molar-refractivity contribution in [1.82, 2.24) is 4.72 Å². The molecule has 1 aliphatic carbocycles. The van der Waals surface area contributed by atoms with Gasteiger partial charge >= 0.3 is 0 Å². The molecule has 1 unspecified atom stereocenters. The highest BCUT2D eigenvalue weighted by atomic mass is 35.5. The standard InChI is InChI=1S/C15H23ClN2O3S/c1-21-12-7-8-13(16)15(9-12)22(19,20)18-14(10-17)11-5-3-2-4-6-11/h7-9,11,14,18H,2-6,10,17H2,1H3. The van der Waals surface area contributed by atoms with Gasteiger partial charge in [0.1, 0.15) is 10.6 Å². The van der Waals surface area contributed by atoms with Gasteiger partial charge in [-0.3, -0.25) is 0 Å². The second-order valence-electron chi connectivity index (χ2n) is 5.66. The summed E-state index contributed by atoms with van der Waals surface area (Å²) in [6, 6.07) is 4.32. The van der Waals surface area contributed by atoms with Crippen LogP contribution in [0.15, 0.2) is 23.1 Å². The predicted molar refractivity (Wildman–Crippen MR) is 87.7 cm³/mol.